The van der Waals surface area contributed by atoms with E-state index in [0.29, 0.717) is 19.6 Å². The highest BCUT2D eigenvalue weighted by Crippen LogP contribution is 2.07. The normalized spacial score (nSPS) is 11.3. The molecule has 1 aromatic carbocycles. The lowest BCUT2D eigenvalue weighted by Crippen LogP contribution is -2.47. The van der Waals surface area contributed by atoms with Crippen molar-refractivity contribution in [3.05, 3.63) is 35.4 Å². The van der Waals surface area contributed by atoms with Crippen LogP contribution in [0.3, 0.4) is 0 Å². The molecule has 1 amide bonds. The summed E-state index contributed by atoms with van der Waals surface area (Å²) in [6.45, 7) is 4.88. The van der Waals surface area contributed by atoms with Crippen LogP contribution in [-0.2, 0) is 22.5 Å². The van der Waals surface area contributed by atoms with Gasteiger partial charge >= 0.3 is 0 Å². The summed E-state index contributed by atoms with van der Waals surface area (Å²) in [6, 6.07) is 7.77. The molecular weight excluding hydrogens is 228 g/mol. The fraction of sp³-hybridized carbons (Fsp3) is 0.500. The molecule has 0 bridgehead atoms. The predicted molar refractivity (Wildman–Crippen MR) is 72.1 cm³/mol. The Hall–Kier alpha value is -1.39. The van der Waals surface area contributed by atoms with Crippen LogP contribution in [0.5, 0.6) is 0 Å². The molecule has 0 unspecified atom stereocenters. The Labute approximate surface area is 109 Å². The minimum Gasteiger partial charge on any atom is -0.382 e. The molecule has 0 aliphatic heterocycles. The van der Waals surface area contributed by atoms with E-state index in [4.69, 9.17) is 10.5 Å². The van der Waals surface area contributed by atoms with Gasteiger partial charge in [0.25, 0.3) is 0 Å². The number of nitrogens with one attached hydrogen (secondary N) is 1. The molecule has 4 heteroatoms. The molecule has 0 spiro atoms. The zero-order valence-electron chi connectivity index (χ0n) is 11.3. The number of amides is 1. The van der Waals surface area contributed by atoms with Crippen molar-refractivity contribution in [3.8, 4) is 0 Å². The number of hydrogen-bond acceptors (Lipinski definition) is 3. The lowest BCUT2D eigenvalue weighted by molar-refractivity contribution is -0.122. The topological polar surface area (TPSA) is 64.3 Å². The summed E-state index contributed by atoms with van der Waals surface area (Å²) in [6.07, 6.45) is 0.373. The van der Waals surface area contributed by atoms with Crippen molar-refractivity contribution in [2.75, 3.05) is 13.7 Å². The highest BCUT2D eigenvalue weighted by molar-refractivity contribution is 5.79. The fourth-order valence-electron chi connectivity index (χ4n) is 1.80. The van der Waals surface area contributed by atoms with Gasteiger partial charge < -0.3 is 15.8 Å². The number of nitrogens with two attached hydrogens (primary N) is 1. The first kappa shape index (κ1) is 14.7. The van der Waals surface area contributed by atoms with Crippen molar-refractivity contribution in [1.29, 1.82) is 0 Å². The van der Waals surface area contributed by atoms with Gasteiger partial charge in [0.1, 0.15) is 0 Å². The van der Waals surface area contributed by atoms with Gasteiger partial charge in [0.15, 0.2) is 0 Å². The van der Waals surface area contributed by atoms with E-state index in [2.05, 4.69) is 5.32 Å². The van der Waals surface area contributed by atoms with Crippen LogP contribution >= 0.6 is 0 Å². The van der Waals surface area contributed by atoms with Gasteiger partial charge in [0.2, 0.25) is 5.91 Å². The molecule has 18 heavy (non-hydrogen) atoms. The lowest BCUT2D eigenvalue weighted by Gasteiger charge is -2.25. The van der Waals surface area contributed by atoms with E-state index in [1.807, 2.05) is 38.1 Å². The van der Waals surface area contributed by atoms with Gasteiger partial charge in [-0.15, -0.1) is 0 Å². The molecule has 1 aromatic rings. The van der Waals surface area contributed by atoms with E-state index in [0.717, 1.165) is 11.1 Å². The van der Waals surface area contributed by atoms with Crippen LogP contribution in [0.1, 0.15) is 25.0 Å². The van der Waals surface area contributed by atoms with Crippen LogP contribution in [0.25, 0.3) is 0 Å². The highest BCUT2D eigenvalue weighted by atomic mass is 16.5. The second kappa shape index (κ2) is 6.52. The van der Waals surface area contributed by atoms with Crippen LogP contribution < -0.4 is 11.1 Å². The van der Waals surface area contributed by atoms with E-state index >= 15 is 0 Å². The minimum absolute atomic E-state index is 0.00227. The van der Waals surface area contributed by atoms with Gasteiger partial charge in [-0.2, -0.15) is 0 Å². The molecule has 0 aliphatic carbocycles. The largest absolute Gasteiger partial charge is 0.382 e. The summed E-state index contributed by atoms with van der Waals surface area (Å²) >= 11 is 0. The Bertz CT molecular complexity index is 385. The van der Waals surface area contributed by atoms with Gasteiger partial charge in [-0.3, -0.25) is 4.79 Å². The number of carbonyl (C=O) groups excluding carboxylic acids is 1. The van der Waals surface area contributed by atoms with Crippen molar-refractivity contribution in [2.24, 2.45) is 5.73 Å². The van der Waals surface area contributed by atoms with Crippen LogP contribution in [0.15, 0.2) is 24.3 Å². The van der Waals surface area contributed by atoms with E-state index in [1.165, 1.54) is 0 Å². The zero-order chi connectivity index (χ0) is 13.6. The molecule has 0 aromatic heterocycles. The molecule has 0 aliphatic rings. The number of hydrogen-bond donors (Lipinski definition) is 2. The maximum Gasteiger partial charge on any atom is 0.224 e. The van der Waals surface area contributed by atoms with Crippen LogP contribution in [-0.4, -0.2) is 25.2 Å². The summed E-state index contributed by atoms with van der Waals surface area (Å²) < 4.78 is 5.06. The number of methoxy groups -OCH3 is 1. The lowest BCUT2D eigenvalue weighted by atomic mass is 10.1. The Morgan fingerprint density at radius 2 is 1.83 bits per heavy atom. The van der Waals surface area contributed by atoms with E-state index < -0.39 is 0 Å². The van der Waals surface area contributed by atoms with Crippen molar-refractivity contribution >= 4 is 5.91 Å². The average Bonchev–Trinajstić information content (AvgIpc) is 2.28. The number of rotatable bonds is 6. The molecule has 0 atom stereocenters. The first-order valence-corrected chi connectivity index (χ1v) is 6.04. The van der Waals surface area contributed by atoms with Crippen molar-refractivity contribution in [3.63, 3.8) is 0 Å². The monoisotopic (exact) mass is 250 g/mol. The Balaban J connectivity index is 2.53. The Kier molecular flexibility index (Phi) is 5.31. The van der Waals surface area contributed by atoms with Crippen LogP contribution in [0.2, 0.25) is 0 Å². The highest BCUT2D eigenvalue weighted by Gasteiger charge is 2.19. The van der Waals surface area contributed by atoms with E-state index in [1.54, 1.807) is 7.11 Å². The summed E-state index contributed by atoms with van der Waals surface area (Å²) in [4.78, 5) is 11.9. The summed E-state index contributed by atoms with van der Waals surface area (Å²) in [5.41, 5.74) is 7.23. The Morgan fingerprint density at radius 3 is 2.33 bits per heavy atom. The molecular formula is C14H22N2O2. The van der Waals surface area contributed by atoms with Gasteiger partial charge in [0, 0.05) is 13.7 Å². The summed E-state index contributed by atoms with van der Waals surface area (Å²) in [7, 11) is 1.62. The Morgan fingerprint density at radius 1 is 1.28 bits per heavy atom. The molecule has 0 saturated heterocycles. The van der Waals surface area contributed by atoms with Gasteiger partial charge in [-0.05, 0) is 25.0 Å². The second-order valence-corrected chi connectivity index (χ2v) is 5.06. The third-order valence-electron chi connectivity index (χ3n) is 2.61. The number of benzene rings is 1. The first-order valence-electron chi connectivity index (χ1n) is 6.04. The summed E-state index contributed by atoms with van der Waals surface area (Å²) in [5.74, 6) is -0.00227. The molecule has 0 heterocycles. The third kappa shape index (κ3) is 4.85. The van der Waals surface area contributed by atoms with Crippen molar-refractivity contribution < 1.29 is 9.53 Å². The predicted octanol–water partition coefficient (Wildman–Crippen LogP) is 1.23. The molecule has 0 saturated carbocycles. The molecule has 100 valence electrons. The fourth-order valence-corrected chi connectivity index (χ4v) is 1.80. The van der Waals surface area contributed by atoms with Crippen LogP contribution in [0, 0.1) is 0 Å². The van der Waals surface area contributed by atoms with Crippen molar-refractivity contribution in [1.82, 2.24) is 5.32 Å². The van der Waals surface area contributed by atoms with Gasteiger partial charge in [0.05, 0.1) is 18.6 Å². The molecule has 1 rings (SSSR count). The molecule has 0 fully saturated rings. The summed E-state index contributed by atoms with van der Waals surface area (Å²) in [5, 5.41) is 2.95. The standard InChI is InChI=1S/C14H22N2O2/c1-14(2,10-18-3)16-13(17)8-11-4-6-12(9-15)7-5-11/h4-7H,8-10,15H2,1-3H3,(H,16,17). The number of carbonyl (C=O) groups is 1. The zero-order valence-corrected chi connectivity index (χ0v) is 11.3. The van der Waals surface area contributed by atoms with Crippen molar-refractivity contribution in [2.45, 2.75) is 32.4 Å². The molecule has 3 N–H and O–H groups in total. The smallest absolute Gasteiger partial charge is 0.224 e. The SMILES string of the molecule is COCC(C)(C)NC(=O)Cc1ccc(CN)cc1. The molecule has 0 radical (unpaired) electrons. The second-order valence-electron chi connectivity index (χ2n) is 5.06. The number of ether oxygens (including phenoxy) is 1. The molecule has 4 nitrogen and oxygen atoms in total. The van der Waals surface area contributed by atoms with Gasteiger partial charge in [-0.1, -0.05) is 24.3 Å². The van der Waals surface area contributed by atoms with Crippen LogP contribution in [0.4, 0.5) is 0 Å². The van der Waals surface area contributed by atoms with E-state index in [9.17, 15) is 4.79 Å². The quantitative estimate of drug-likeness (QED) is 0.798. The van der Waals surface area contributed by atoms with Gasteiger partial charge in [-0.25, -0.2) is 0 Å². The first-order chi connectivity index (χ1) is 8.46. The average molecular weight is 250 g/mol. The third-order valence-corrected chi connectivity index (χ3v) is 2.61. The minimum atomic E-state index is -0.344. The maximum atomic E-state index is 11.9. The van der Waals surface area contributed by atoms with E-state index in [-0.39, 0.29) is 11.4 Å². The maximum absolute atomic E-state index is 11.9.